The number of benzene rings is 1. The Labute approximate surface area is 118 Å². The lowest BCUT2D eigenvalue weighted by Gasteiger charge is -2.13. The number of hydrogen-bond donors (Lipinski definition) is 1. The molecule has 0 bridgehead atoms. The number of hydrogen-bond acceptors (Lipinski definition) is 2. The van der Waals surface area contributed by atoms with Gasteiger partial charge in [-0.1, -0.05) is 23.7 Å². The van der Waals surface area contributed by atoms with Crippen LogP contribution < -0.4 is 5.32 Å². The summed E-state index contributed by atoms with van der Waals surface area (Å²) < 4.78 is 1.84. The van der Waals surface area contributed by atoms with Crippen molar-refractivity contribution in [2.45, 2.75) is 19.5 Å². The number of nitrogens with one attached hydrogen (secondary N) is 1. The minimum absolute atomic E-state index is 0.239. The van der Waals surface area contributed by atoms with Gasteiger partial charge in [-0.15, -0.1) is 0 Å². The zero-order valence-corrected chi connectivity index (χ0v) is 11.8. The summed E-state index contributed by atoms with van der Waals surface area (Å²) in [6.07, 6.45) is 1.97. The fourth-order valence-electron chi connectivity index (χ4n) is 1.98. The van der Waals surface area contributed by atoms with Crippen LogP contribution in [0.25, 0.3) is 0 Å². The second-order valence-corrected chi connectivity index (χ2v) is 5.05. The van der Waals surface area contributed by atoms with E-state index in [-0.39, 0.29) is 6.04 Å². The molecule has 1 atom stereocenters. The third-order valence-electron chi connectivity index (χ3n) is 3.16. The summed E-state index contributed by atoms with van der Waals surface area (Å²) in [5.41, 5.74) is 2.98. The zero-order chi connectivity index (χ0) is 13.8. The quantitative estimate of drug-likeness (QED) is 0.927. The van der Waals surface area contributed by atoms with Crippen molar-refractivity contribution in [3.05, 3.63) is 58.4 Å². The minimum Gasteiger partial charge on any atom is -0.342 e. The van der Waals surface area contributed by atoms with Crippen LogP contribution in [0.3, 0.4) is 0 Å². The first kappa shape index (κ1) is 13.7. The van der Waals surface area contributed by atoms with Gasteiger partial charge in [-0.3, -0.25) is 0 Å². The average molecular weight is 274 g/mol. The number of nitriles is 1. The molecule has 2 aromatic rings. The predicted octanol–water partition coefficient (Wildman–Crippen LogP) is 3.40. The van der Waals surface area contributed by atoms with Gasteiger partial charge in [0.05, 0.1) is 0 Å². The van der Waals surface area contributed by atoms with Gasteiger partial charge < -0.3 is 9.88 Å². The normalized spacial score (nSPS) is 12.1. The fraction of sp³-hybridized carbons (Fsp3) is 0.267. The van der Waals surface area contributed by atoms with Crippen LogP contribution in [-0.2, 0) is 13.6 Å². The lowest BCUT2D eigenvalue weighted by atomic mass is 10.1. The highest BCUT2D eigenvalue weighted by Gasteiger charge is 2.06. The van der Waals surface area contributed by atoms with Gasteiger partial charge in [-0.2, -0.15) is 5.26 Å². The Kier molecular flexibility index (Phi) is 4.26. The average Bonchev–Trinajstić information content (AvgIpc) is 2.77. The Hall–Kier alpha value is -1.76. The summed E-state index contributed by atoms with van der Waals surface area (Å²) in [4.78, 5) is 0. The first-order chi connectivity index (χ1) is 9.10. The molecular formula is C15H16ClN3. The molecule has 0 saturated heterocycles. The Balaban J connectivity index is 1.98. The van der Waals surface area contributed by atoms with Crippen LogP contribution in [0.15, 0.2) is 36.5 Å². The van der Waals surface area contributed by atoms with E-state index in [1.165, 1.54) is 5.56 Å². The van der Waals surface area contributed by atoms with Gasteiger partial charge in [-0.05, 0) is 36.2 Å². The van der Waals surface area contributed by atoms with Gasteiger partial charge in [0.2, 0.25) is 0 Å². The highest BCUT2D eigenvalue weighted by Crippen LogP contribution is 2.16. The van der Waals surface area contributed by atoms with Crippen LogP contribution in [0.1, 0.15) is 29.8 Å². The SMILES string of the molecule is C[C@H](NCc1cc(C#N)n(C)c1)c1ccc(Cl)cc1. The molecule has 0 spiro atoms. The van der Waals surface area contributed by atoms with Crippen LogP contribution in [0.4, 0.5) is 0 Å². The Bertz CT molecular complexity index is 593. The molecule has 2 rings (SSSR count). The number of nitrogens with zero attached hydrogens (tertiary/aromatic N) is 2. The Morgan fingerprint density at radius 2 is 2.05 bits per heavy atom. The van der Waals surface area contributed by atoms with Crippen molar-refractivity contribution in [3.63, 3.8) is 0 Å². The van der Waals surface area contributed by atoms with E-state index in [9.17, 15) is 0 Å². The zero-order valence-electron chi connectivity index (χ0n) is 11.0. The fourth-order valence-corrected chi connectivity index (χ4v) is 2.11. The maximum atomic E-state index is 8.91. The summed E-state index contributed by atoms with van der Waals surface area (Å²) in [6.45, 7) is 2.84. The van der Waals surface area contributed by atoms with Crippen LogP contribution in [0, 0.1) is 11.3 Å². The molecule has 0 amide bonds. The topological polar surface area (TPSA) is 40.8 Å². The molecule has 98 valence electrons. The molecule has 0 radical (unpaired) electrons. The third-order valence-corrected chi connectivity index (χ3v) is 3.41. The first-order valence-corrected chi connectivity index (χ1v) is 6.52. The first-order valence-electron chi connectivity index (χ1n) is 6.14. The standard InChI is InChI=1S/C15H16ClN3/c1-11(13-3-5-14(16)6-4-13)18-9-12-7-15(8-17)19(2)10-12/h3-7,10-11,18H,9H2,1-2H3/t11-/m0/s1. The van der Waals surface area contributed by atoms with Crippen molar-refractivity contribution in [3.8, 4) is 6.07 Å². The van der Waals surface area contributed by atoms with Crippen molar-refractivity contribution in [1.29, 1.82) is 5.26 Å². The monoisotopic (exact) mass is 273 g/mol. The smallest absolute Gasteiger partial charge is 0.120 e. The van der Waals surface area contributed by atoms with Gasteiger partial charge in [-0.25, -0.2) is 0 Å². The highest BCUT2D eigenvalue weighted by atomic mass is 35.5. The van der Waals surface area contributed by atoms with E-state index in [1.54, 1.807) is 0 Å². The van der Waals surface area contributed by atoms with Crippen LogP contribution in [0.2, 0.25) is 5.02 Å². The molecule has 1 heterocycles. The molecule has 0 aliphatic carbocycles. The molecular weight excluding hydrogens is 258 g/mol. The minimum atomic E-state index is 0.239. The molecule has 1 N–H and O–H groups in total. The van der Waals surface area contributed by atoms with Crippen molar-refractivity contribution >= 4 is 11.6 Å². The predicted molar refractivity (Wildman–Crippen MR) is 76.8 cm³/mol. The van der Waals surface area contributed by atoms with Gasteiger partial charge in [0.15, 0.2) is 0 Å². The van der Waals surface area contributed by atoms with Crippen LogP contribution in [-0.4, -0.2) is 4.57 Å². The van der Waals surface area contributed by atoms with Gasteiger partial charge in [0, 0.05) is 30.9 Å². The van der Waals surface area contributed by atoms with Crippen molar-refractivity contribution in [1.82, 2.24) is 9.88 Å². The largest absolute Gasteiger partial charge is 0.342 e. The Morgan fingerprint density at radius 3 is 2.63 bits per heavy atom. The lowest BCUT2D eigenvalue weighted by molar-refractivity contribution is 0.574. The third kappa shape index (κ3) is 3.37. The molecule has 0 unspecified atom stereocenters. The second kappa shape index (κ2) is 5.92. The van der Waals surface area contributed by atoms with Gasteiger partial charge in [0.1, 0.15) is 11.8 Å². The molecule has 0 aliphatic rings. The van der Waals surface area contributed by atoms with E-state index in [1.807, 2.05) is 48.1 Å². The molecule has 0 aliphatic heterocycles. The maximum absolute atomic E-state index is 8.91. The molecule has 1 aromatic carbocycles. The molecule has 4 heteroatoms. The van der Waals surface area contributed by atoms with Gasteiger partial charge >= 0.3 is 0 Å². The van der Waals surface area contributed by atoms with E-state index in [4.69, 9.17) is 16.9 Å². The molecule has 3 nitrogen and oxygen atoms in total. The maximum Gasteiger partial charge on any atom is 0.120 e. The lowest BCUT2D eigenvalue weighted by Crippen LogP contribution is -2.17. The summed E-state index contributed by atoms with van der Waals surface area (Å²) in [7, 11) is 1.88. The second-order valence-electron chi connectivity index (χ2n) is 4.61. The van der Waals surface area contributed by atoms with Crippen LogP contribution >= 0.6 is 11.6 Å². The summed E-state index contributed by atoms with van der Waals surface area (Å²) in [5, 5.41) is 13.1. The number of aromatic nitrogens is 1. The molecule has 0 saturated carbocycles. The van der Waals surface area contributed by atoms with E-state index >= 15 is 0 Å². The van der Waals surface area contributed by atoms with Gasteiger partial charge in [0.25, 0.3) is 0 Å². The number of halogens is 1. The van der Waals surface area contributed by atoms with Crippen molar-refractivity contribution in [2.75, 3.05) is 0 Å². The summed E-state index contributed by atoms with van der Waals surface area (Å²) in [6, 6.07) is 12.1. The number of aryl methyl sites for hydroxylation is 1. The highest BCUT2D eigenvalue weighted by molar-refractivity contribution is 6.30. The van der Waals surface area contributed by atoms with E-state index in [0.717, 1.165) is 17.1 Å². The van der Waals surface area contributed by atoms with E-state index < -0.39 is 0 Å². The summed E-state index contributed by atoms with van der Waals surface area (Å²) >= 11 is 5.87. The number of rotatable bonds is 4. The van der Waals surface area contributed by atoms with Crippen molar-refractivity contribution < 1.29 is 0 Å². The molecule has 19 heavy (non-hydrogen) atoms. The molecule has 1 aromatic heterocycles. The van der Waals surface area contributed by atoms with E-state index in [0.29, 0.717) is 5.69 Å². The van der Waals surface area contributed by atoms with Crippen LogP contribution in [0.5, 0.6) is 0 Å². The Morgan fingerprint density at radius 1 is 1.37 bits per heavy atom. The molecule has 0 fully saturated rings. The van der Waals surface area contributed by atoms with Crippen molar-refractivity contribution in [2.24, 2.45) is 7.05 Å². The summed E-state index contributed by atoms with van der Waals surface area (Å²) in [5.74, 6) is 0. The van der Waals surface area contributed by atoms with E-state index in [2.05, 4.69) is 18.3 Å².